The van der Waals surface area contributed by atoms with E-state index in [2.05, 4.69) is 5.32 Å². The highest BCUT2D eigenvalue weighted by atomic mass is 31.1. The number of phenols is 1. The molecule has 212 valence electrons. The number of carbonyl (C=O) groups excluding carboxylic acids is 3. The summed E-state index contributed by atoms with van der Waals surface area (Å²) in [7, 11) is 0.789. The molecule has 3 atom stereocenters. The van der Waals surface area contributed by atoms with E-state index in [1.54, 1.807) is 52.0 Å². The second-order valence-corrected chi connectivity index (χ2v) is 12.1. The minimum Gasteiger partial charge on any atom is -0.507 e. The first-order valence-electron chi connectivity index (χ1n) is 12.6. The molecule has 0 radical (unpaired) electrons. The van der Waals surface area contributed by atoms with Gasteiger partial charge in [-0.1, -0.05) is 25.1 Å². The molecule has 2 aromatic carbocycles. The fraction of sp³-hybridized carbons (Fsp3) is 0.483. The Balaban J connectivity index is 2.29. The van der Waals surface area contributed by atoms with Crippen molar-refractivity contribution < 1.29 is 38.6 Å². The first-order valence-corrected chi connectivity index (χ1v) is 13.4. The third-order valence-corrected chi connectivity index (χ3v) is 7.12. The van der Waals surface area contributed by atoms with Crippen LogP contribution < -0.4 is 5.32 Å². The number of hydrogen-bond donors (Lipinski definition) is 3. The average Bonchev–Trinajstić information content (AvgIpc) is 2.87. The van der Waals surface area contributed by atoms with Gasteiger partial charge in [-0.2, -0.15) is 0 Å². The zero-order valence-corrected chi connectivity index (χ0v) is 24.6. The summed E-state index contributed by atoms with van der Waals surface area (Å²) < 4.78 is 21.5. The number of rotatable bonds is 10. The van der Waals surface area contributed by atoms with Crippen molar-refractivity contribution in [2.45, 2.75) is 66.3 Å². The fourth-order valence-electron chi connectivity index (χ4n) is 3.98. The number of nitrogens with one attached hydrogen (secondary N) is 1. The largest absolute Gasteiger partial charge is 0.507 e. The van der Waals surface area contributed by atoms with E-state index in [0.29, 0.717) is 12.0 Å². The molecule has 0 spiro atoms. The van der Waals surface area contributed by atoms with Crippen LogP contribution in [0.3, 0.4) is 0 Å². The van der Waals surface area contributed by atoms with Crippen LogP contribution in [-0.2, 0) is 35.4 Å². The monoisotopic (exact) mass is 559 g/mol. The molecule has 0 aliphatic carbocycles. The maximum atomic E-state index is 13.2. The van der Waals surface area contributed by atoms with Gasteiger partial charge in [-0.3, -0.25) is 14.2 Å². The van der Waals surface area contributed by atoms with E-state index in [4.69, 9.17) is 9.47 Å². The van der Waals surface area contributed by atoms with E-state index >= 15 is 0 Å². The summed E-state index contributed by atoms with van der Waals surface area (Å²) in [5.74, 6) is -2.70. The van der Waals surface area contributed by atoms with Crippen LogP contribution in [-0.4, -0.2) is 47.8 Å². The summed E-state index contributed by atoms with van der Waals surface area (Å²) in [4.78, 5) is 37.8. The van der Waals surface area contributed by atoms with Gasteiger partial charge in [0.15, 0.2) is 13.8 Å². The second-order valence-electron chi connectivity index (χ2n) is 11.0. The molecule has 2 rings (SSSR count). The molecule has 0 aliphatic rings. The summed E-state index contributed by atoms with van der Waals surface area (Å²) in [6.07, 6.45) is 0.426. The predicted octanol–water partition coefficient (Wildman–Crippen LogP) is 4.55. The Hall–Kier alpha value is -3.29. The van der Waals surface area contributed by atoms with Crippen molar-refractivity contribution >= 4 is 26.3 Å². The molecule has 0 saturated carbocycles. The van der Waals surface area contributed by atoms with Gasteiger partial charge in [0.1, 0.15) is 11.8 Å². The van der Waals surface area contributed by atoms with Gasteiger partial charge in [0.2, 0.25) is 0 Å². The maximum Gasteiger partial charge on any atom is 0.328 e. The van der Waals surface area contributed by atoms with Gasteiger partial charge >= 0.3 is 11.9 Å². The van der Waals surface area contributed by atoms with Gasteiger partial charge < -0.3 is 25.0 Å². The number of esters is 2. The van der Waals surface area contributed by atoms with Crippen LogP contribution >= 0.6 is 8.46 Å². The molecule has 0 fully saturated rings. The Labute approximate surface area is 231 Å². The number of carbonyl (C=O) groups is 3. The molecule has 0 heterocycles. The minimum atomic E-state index is -1.50. The van der Waals surface area contributed by atoms with Crippen molar-refractivity contribution in [3.05, 3.63) is 63.7 Å². The Kier molecular flexibility index (Phi) is 10.4. The summed E-state index contributed by atoms with van der Waals surface area (Å²) in [5.41, 5.74) is 3.21. The number of amides is 1. The smallest absolute Gasteiger partial charge is 0.328 e. The highest BCUT2D eigenvalue weighted by Crippen LogP contribution is 2.34. The van der Waals surface area contributed by atoms with E-state index in [1.165, 1.54) is 20.1 Å². The summed E-state index contributed by atoms with van der Waals surface area (Å²) in [5, 5.41) is 21.9. The Bertz CT molecular complexity index is 1230. The minimum absolute atomic E-state index is 0.0275. The van der Waals surface area contributed by atoms with Gasteiger partial charge in [-0.25, -0.2) is 4.79 Å². The van der Waals surface area contributed by atoms with Crippen LogP contribution in [0.2, 0.25) is 0 Å². The lowest BCUT2D eigenvalue weighted by atomic mass is 9.92. The highest BCUT2D eigenvalue weighted by molar-refractivity contribution is 7.25. The maximum absolute atomic E-state index is 13.2. The lowest BCUT2D eigenvalue weighted by Gasteiger charge is -2.25. The Morgan fingerprint density at radius 1 is 1.05 bits per heavy atom. The molecule has 0 aliphatic heterocycles. The normalized spacial score (nSPS) is 14.7. The van der Waals surface area contributed by atoms with Crippen molar-refractivity contribution in [3.63, 3.8) is 0 Å². The molecule has 0 bridgehead atoms. The molecule has 0 aromatic heterocycles. The average molecular weight is 560 g/mol. The number of phenolic OH excluding ortho intramolecular Hbond substituents is 1. The van der Waals surface area contributed by atoms with Gasteiger partial charge in [0, 0.05) is 5.92 Å². The third kappa shape index (κ3) is 8.10. The van der Waals surface area contributed by atoms with Gasteiger partial charge in [-0.15, -0.1) is 0 Å². The number of ether oxygens (including phenoxy) is 2. The molecule has 10 heteroatoms. The molecule has 3 N–H and O–H groups in total. The summed E-state index contributed by atoms with van der Waals surface area (Å²) in [6, 6.07) is 7.07. The number of methoxy groups -OCH3 is 1. The SMILES string of the molecule is COC(=O)C(NC(=O)c1cc(Cc2c(C)cc(C(C)(O)P=O)cc2C)ccc1O)C(C)COC(=O)C(C)(C)C. The summed E-state index contributed by atoms with van der Waals surface area (Å²) >= 11 is 0. The molecule has 0 saturated heterocycles. The van der Waals surface area contributed by atoms with Crippen molar-refractivity contribution in [2.24, 2.45) is 11.3 Å². The molecule has 2 aromatic rings. The quantitative estimate of drug-likeness (QED) is 0.285. The molecule has 39 heavy (non-hydrogen) atoms. The first kappa shape index (κ1) is 31.9. The Morgan fingerprint density at radius 2 is 1.64 bits per heavy atom. The van der Waals surface area contributed by atoms with Crippen LogP contribution in [0.4, 0.5) is 0 Å². The van der Waals surface area contributed by atoms with Crippen molar-refractivity contribution in [2.75, 3.05) is 13.7 Å². The number of aliphatic hydroxyl groups is 1. The molecule has 3 unspecified atom stereocenters. The van der Waals surface area contributed by atoms with Crippen LogP contribution in [0.1, 0.15) is 72.8 Å². The van der Waals surface area contributed by atoms with Crippen molar-refractivity contribution in [3.8, 4) is 5.75 Å². The van der Waals surface area contributed by atoms with Crippen LogP contribution in [0.5, 0.6) is 5.75 Å². The zero-order chi connectivity index (χ0) is 29.7. The highest BCUT2D eigenvalue weighted by Gasteiger charge is 2.32. The van der Waals surface area contributed by atoms with Crippen LogP contribution in [0, 0.1) is 25.2 Å². The number of aromatic hydroxyl groups is 1. The lowest BCUT2D eigenvalue weighted by Crippen LogP contribution is -2.47. The lowest BCUT2D eigenvalue weighted by molar-refractivity contribution is -0.156. The van der Waals surface area contributed by atoms with Gasteiger partial charge in [0.25, 0.3) is 5.91 Å². The molecule has 1 amide bonds. The van der Waals surface area contributed by atoms with E-state index < -0.39 is 49.0 Å². The fourth-order valence-corrected chi connectivity index (χ4v) is 4.21. The second kappa shape index (κ2) is 12.7. The summed E-state index contributed by atoms with van der Waals surface area (Å²) in [6.45, 7) is 11.9. The standard InChI is InChI=1S/C29H38NO8P/c1-16-11-20(29(7,35)39-36)12-17(2)21(16)13-19-9-10-23(31)22(14-19)25(32)30-24(26(33)37-8)18(3)15-38-27(34)28(4,5)6/h9-12,14,18,24,31,35H,13,15H2,1-8H3,(H,30,32). The molecule has 9 nitrogen and oxygen atoms in total. The van der Waals surface area contributed by atoms with E-state index in [9.17, 15) is 29.2 Å². The van der Waals surface area contributed by atoms with E-state index in [1.807, 2.05) is 13.8 Å². The first-order chi connectivity index (χ1) is 18.0. The predicted molar refractivity (Wildman–Crippen MR) is 147 cm³/mol. The number of aryl methyl sites for hydroxylation is 2. The molecular formula is C29H38NO8P. The van der Waals surface area contributed by atoms with E-state index in [-0.39, 0.29) is 17.9 Å². The van der Waals surface area contributed by atoms with Crippen LogP contribution in [0.25, 0.3) is 0 Å². The Morgan fingerprint density at radius 3 is 2.15 bits per heavy atom. The molecular weight excluding hydrogens is 521 g/mol. The zero-order valence-electron chi connectivity index (χ0n) is 23.7. The van der Waals surface area contributed by atoms with Crippen molar-refractivity contribution in [1.82, 2.24) is 5.32 Å². The van der Waals surface area contributed by atoms with Crippen LogP contribution in [0.15, 0.2) is 30.3 Å². The van der Waals surface area contributed by atoms with Crippen molar-refractivity contribution in [1.29, 1.82) is 0 Å². The third-order valence-electron chi connectivity index (χ3n) is 6.51. The topological polar surface area (TPSA) is 139 Å². The van der Waals surface area contributed by atoms with Gasteiger partial charge in [-0.05, 0) is 87.9 Å². The number of hydrogen-bond acceptors (Lipinski definition) is 8. The number of benzene rings is 2. The van der Waals surface area contributed by atoms with Gasteiger partial charge in [0.05, 0.1) is 24.7 Å². The van der Waals surface area contributed by atoms with E-state index in [0.717, 1.165) is 22.3 Å².